The minimum atomic E-state index is -1.22. The van der Waals surface area contributed by atoms with Crippen molar-refractivity contribution < 1.29 is 9.90 Å². The molecule has 1 N–H and O–H groups in total. The second-order valence-electron chi connectivity index (χ2n) is 11.5. The molecule has 0 atom stereocenters. The number of thiophene rings is 2. The van der Waals surface area contributed by atoms with Gasteiger partial charge in [-0.25, -0.2) is 4.79 Å². The van der Waals surface area contributed by atoms with Crippen molar-refractivity contribution in [2.45, 2.75) is 0 Å². The van der Waals surface area contributed by atoms with Gasteiger partial charge in [-0.1, -0.05) is 72.8 Å². The van der Waals surface area contributed by atoms with Gasteiger partial charge in [-0.3, -0.25) is 0 Å². The zero-order valence-electron chi connectivity index (χ0n) is 27.3. The molecule has 7 aromatic rings. The Hall–Kier alpha value is -6.46. The number of rotatable bonds is 11. The summed E-state index contributed by atoms with van der Waals surface area (Å²) in [4.78, 5) is 19.7. The molecule has 0 radical (unpaired) electrons. The van der Waals surface area contributed by atoms with E-state index in [1.165, 1.54) is 17.4 Å². The molecule has 0 bridgehead atoms. The molecule has 0 amide bonds. The maximum absolute atomic E-state index is 11.2. The monoisotopic (exact) mass is 697 g/mol. The Bertz CT molecular complexity index is 2300. The van der Waals surface area contributed by atoms with E-state index in [0.717, 1.165) is 59.2 Å². The van der Waals surface area contributed by atoms with E-state index in [4.69, 9.17) is 10.4 Å². The maximum Gasteiger partial charge on any atom is 0.346 e. The Kier molecular flexibility index (Phi) is 9.98. The van der Waals surface area contributed by atoms with Gasteiger partial charge in [-0.05, 0) is 115 Å². The van der Waals surface area contributed by atoms with Crippen LogP contribution in [0, 0.1) is 11.3 Å². The van der Waals surface area contributed by atoms with E-state index in [1.807, 2.05) is 30.3 Å². The van der Waals surface area contributed by atoms with Crippen molar-refractivity contribution in [3.05, 3.63) is 185 Å². The van der Waals surface area contributed by atoms with Gasteiger partial charge in [0, 0.05) is 53.6 Å². The topological polar surface area (TPSA) is 67.6 Å². The Morgan fingerprint density at radius 2 is 0.902 bits per heavy atom. The predicted octanol–water partition coefficient (Wildman–Crippen LogP) is 12.6. The molecule has 0 unspecified atom stereocenters. The zero-order chi connectivity index (χ0) is 35.0. The minimum absolute atomic E-state index is 0.275. The molecular weight excluding hydrogens is 667 g/mol. The summed E-state index contributed by atoms with van der Waals surface area (Å²) >= 11 is 3.13. The number of anilines is 6. The Balaban J connectivity index is 1.12. The highest BCUT2D eigenvalue weighted by molar-refractivity contribution is 7.23. The molecule has 5 nitrogen and oxygen atoms in total. The van der Waals surface area contributed by atoms with Crippen molar-refractivity contribution in [3.63, 3.8) is 0 Å². The van der Waals surface area contributed by atoms with Crippen LogP contribution in [-0.2, 0) is 4.79 Å². The molecule has 2 aromatic heterocycles. The van der Waals surface area contributed by atoms with Crippen LogP contribution < -0.4 is 9.80 Å². The van der Waals surface area contributed by atoms with Crippen LogP contribution in [0.3, 0.4) is 0 Å². The first-order valence-corrected chi connectivity index (χ1v) is 17.9. The molecule has 0 saturated heterocycles. The van der Waals surface area contributed by atoms with Crippen LogP contribution in [0.5, 0.6) is 0 Å². The first-order valence-electron chi connectivity index (χ1n) is 16.2. The molecule has 7 heteroatoms. The van der Waals surface area contributed by atoms with Gasteiger partial charge in [0.25, 0.3) is 0 Å². The fraction of sp³-hybridized carbons (Fsp3) is 0. The van der Waals surface area contributed by atoms with E-state index < -0.39 is 5.97 Å². The third kappa shape index (κ3) is 7.74. The van der Waals surface area contributed by atoms with Crippen molar-refractivity contribution in [2.24, 2.45) is 0 Å². The zero-order valence-corrected chi connectivity index (χ0v) is 29.0. The fourth-order valence-corrected chi connectivity index (χ4v) is 7.66. The van der Waals surface area contributed by atoms with E-state index in [2.05, 4.69) is 155 Å². The summed E-state index contributed by atoms with van der Waals surface area (Å²) in [7, 11) is 0. The molecule has 0 fully saturated rings. The van der Waals surface area contributed by atoms with Crippen LogP contribution in [0.25, 0.3) is 28.0 Å². The van der Waals surface area contributed by atoms with Crippen LogP contribution in [0.15, 0.2) is 169 Å². The maximum atomic E-state index is 11.2. The molecule has 51 heavy (non-hydrogen) atoms. The molecular formula is C44H31N3O2S2. The average Bonchev–Trinajstić information content (AvgIpc) is 3.86. The fourth-order valence-electron chi connectivity index (χ4n) is 5.71. The molecule has 2 heterocycles. The minimum Gasteiger partial charge on any atom is -0.477 e. The number of hydrogen-bond donors (Lipinski definition) is 1. The summed E-state index contributed by atoms with van der Waals surface area (Å²) < 4.78 is 0. The number of hydrogen-bond acceptors (Lipinski definition) is 6. The highest BCUT2D eigenvalue weighted by Crippen LogP contribution is 2.39. The number of nitrogens with zero attached hydrogens (tertiary/aromatic N) is 3. The Labute approximate surface area is 305 Å². The van der Waals surface area contributed by atoms with Crippen molar-refractivity contribution in [1.29, 1.82) is 5.26 Å². The van der Waals surface area contributed by atoms with Crippen LogP contribution in [-0.4, -0.2) is 11.1 Å². The van der Waals surface area contributed by atoms with Gasteiger partial charge in [0.05, 0.1) is 0 Å². The van der Waals surface area contributed by atoms with Gasteiger partial charge in [0.15, 0.2) is 0 Å². The van der Waals surface area contributed by atoms with Gasteiger partial charge in [-0.2, -0.15) is 5.26 Å². The summed E-state index contributed by atoms with van der Waals surface area (Å²) in [6, 6.07) is 58.1. The van der Waals surface area contributed by atoms with E-state index in [9.17, 15) is 4.79 Å². The third-order valence-corrected chi connectivity index (χ3v) is 10.4. The third-order valence-electron chi connectivity index (χ3n) is 8.13. The number of benzene rings is 5. The number of para-hydroxylation sites is 3. The molecule has 0 aliphatic heterocycles. The summed E-state index contributed by atoms with van der Waals surface area (Å²) in [5, 5.41) is 18.2. The lowest BCUT2D eigenvalue weighted by Crippen LogP contribution is -2.12. The van der Waals surface area contributed by atoms with E-state index >= 15 is 0 Å². The summed E-state index contributed by atoms with van der Waals surface area (Å²) in [5.41, 5.74) is 7.25. The number of carboxylic acid groups (broad SMARTS) is 1. The average molecular weight is 698 g/mol. The second-order valence-corrected chi connectivity index (χ2v) is 13.7. The molecule has 0 aliphatic rings. The van der Waals surface area contributed by atoms with Crippen LogP contribution >= 0.6 is 22.7 Å². The highest BCUT2D eigenvalue weighted by atomic mass is 32.1. The lowest BCUT2D eigenvalue weighted by Gasteiger charge is -2.28. The van der Waals surface area contributed by atoms with E-state index in [-0.39, 0.29) is 5.57 Å². The van der Waals surface area contributed by atoms with Crippen molar-refractivity contribution in [1.82, 2.24) is 0 Å². The van der Waals surface area contributed by atoms with Crippen LogP contribution in [0.2, 0.25) is 0 Å². The van der Waals surface area contributed by atoms with Gasteiger partial charge in [-0.15, -0.1) is 22.7 Å². The van der Waals surface area contributed by atoms with Crippen molar-refractivity contribution >= 4 is 81.0 Å². The van der Waals surface area contributed by atoms with Gasteiger partial charge < -0.3 is 14.9 Å². The van der Waals surface area contributed by atoms with Gasteiger partial charge in [0.1, 0.15) is 11.6 Å². The Morgan fingerprint density at radius 1 is 0.510 bits per heavy atom. The number of aliphatic carboxylic acids is 1. The van der Waals surface area contributed by atoms with Crippen LogP contribution in [0.4, 0.5) is 34.1 Å². The lowest BCUT2D eigenvalue weighted by molar-refractivity contribution is -0.132. The van der Waals surface area contributed by atoms with Gasteiger partial charge >= 0.3 is 5.97 Å². The van der Waals surface area contributed by atoms with Crippen LogP contribution in [0.1, 0.15) is 15.3 Å². The van der Waals surface area contributed by atoms with E-state index in [1.54, 1.807) is 17.4 Å². The predicted molar refractivity (Wildman–Crippen MR) is 214 cm³/mol. The summed E-state index contributed by atoms with van der Waals surface area (Å²) in [6.45, 7) is 0. The van der Waals surface area contributed by atoms with E-state index in [0.29, 0.717) is 0 Å². The first kappa shape index (κ1) is 33.1. The second kappa shape index (κ2) is 15.4. The first-order chi connectivity index (χ1) is 25.1. The highest BCUT2D eigenvalue weighted by Gasteiger charge is 2.16. The smallest absolute Gasteiger partial charge is 0.346 e. The molecule has 0 aliphatic carbocycles. The van der Waals surface area contributed by atoms with Crippen molar-refractivity contribution in [2.75, 3.05) is 9.80 Å². The standard InChI is InChI=1S/C44H31N3O2S2/c45-31-33(44(48)49)30-41-27-29-43(51-41)42-28-26-40(50-42)25-18-32-16-19-37(20-17-32)47(36-14-8-3-9-15-36)39-23-21-38(22-24-39)46(34-10-4-1-5-11-34)35-12-6-2-7-13-35/h1-30H,(H,48,49). The summed E-state index contributed by atoms with van der Waals surface area (Å²) in [5.74, 6) is -1.22. The molecule has 246 valence electrons. The molecule has 0 spiro atoms. The largest absolute Gasteiger partial charge is 0.477 e. The Morgan fingerprint density at radius 3 is 1.33 bits per heavy atom. The molecule has 0 saturated carbocycles. The van der Waals surface area contributed by atoms with Crippen molar-refractivity contribution in [3.8, 4) is 15.8 Å². The number of carbonyl (C=O) groups is 1. The lowest BCUT2D eigenvalue weighted by atomic mass is 10.1. The number of nitriles is 1. The molecule has 5 aromatic carbocycles. The quantitative estimate of drug-likeness (QED) is 0.108. The van der Waals surface area contributed by atoms with Gasteiger partial charge in [0.2, 0.25) is 0 Å². The SMILES string of the molecule is N#CC(=Cc1ccc(-c2ccc(C=Cc3ccc(N(c4ccccc4)c4ccc(N(c5ccccc5)c5ccccc5)cc4)cc3)s2)s1)C(=O)O. The molecule has 7 rings (SSSR count). The number of carboxylic acids is 1. The summed E-state index contributed by atoms with van der Waals surface area (Å²) in [6.07, 6.45) is 5.63. The normalized spacial score (nSPS) is 11.3.